The van der Waals surface area contributed by atoms with Crippen LogP contribution in [0.4, 0.5) is 0 Å². The van der Waals surface area contributed by atoms with Gasteiger partial charge in [-0.05, 0) is 18.2 Å². The maximum absolute atomic E-state index is 12.2. The van der Waals surface area contributed by atoms with Gasteiger partial charge in [0.2, 0.25) is 0 Å². The molecule has 0 saturated heterocycles. The number of aromatic amines is 1. The fourth-order valence-electron chi connectivity index (χ4n) is 2.26. The van der Waals surface area contributed by atoms with Crippen molar-refractivity contribution in [1.82, 2.24) is 15.6 Å². The summed E-state index contributed by atoms with van der Waals surface area (Å²) in [5.41, 5.74) is 4.62. The fraction of sp³-hybridized carbons (Fsp3) is 0.0556. The largest absolute Gasteiger partial charge is 0.504 e. The number of aromatic nitrogens is 2. The Morgan fingerprint density at radius 3 is 2.81 bits per heavy atom. The lowest BCUT2D eigenvalue weighted by Crippen LogP contribution is -2.18. The van der Waals surface area contributed by atoms with Crippen LogP contribution < -0.4 is 10.2 Å². The number of amides is 1. The molecule has 0 aliphatic rings. The highest BCUT2D eigenvalue weighted by atomic mass is 79.9. The Kier molecular flexibility index (Phi) is 5.33. The number of aromatic hydroxyl groups is 1. The summed E-state index contributed by atoms with van der Waals surface area (Å²) in [6.45, 7) is 0. The molecule has 0 aliphatic heterocycles. The fourth-order valence-corrected chi connectivity index (χ4v) is 2.72. The maximum Gasteiger partial charge on any atom is 0.289 e. The number of carbonyl (C=O) groups excluding carboxylic acids is 1. The molecule has 3 aromatic rings. The van der Waals surface area contributed by atoms with Crippen LogP contribution in [0.1, 0.15) is 16.1 Å². The summed E-state index contributed by atoms with van der Waals surface area (Å²) in [7, 11) is 1.45. The number of phenols is 1. The number of hydrogen-bond donors (Lipinski definition) is 3. The van der Waals surface area contributed by atoms with Crippen molar-refractivity contribution in [3.8, 4) is 22.8 Å². The molecule has 0 saturated carbocycles. The highest BCUT2D eigenvalue weighted by molar-refractivity contribution is 9.10. The van der Waals surface area contributed by atoms with Crippen LogP contribution in [-0.2, 0) is 0 Å². The van der Waals surface area contributed by atoms with Gasteiger partial charge in [0.05, 0.1) is 19.0 Å². The summed E-state index contributed by atoms with van der Waals surface area (Å²) < 4.78 is 5.77. The molecule has 1 amide bonds. The summed E-state index contributed by atoms with van der Waals surface area (Å²) in [5, 5.41) is 20.7. The Morgan fingerprint density at radius 1 is 1.31 bits per heavy atom. The average Bonchev–Trinajstić information content (AvgIpc) is 3.15. The molecule has 3 N–H and O–H groups in total. The summed E-state index contributed by atoms with van der Waals surface area (Å²) in [6.07, 6.45) is 1.33. The number of H-pyrrole nitrogens is 1. The number of halogens is 1. The predicted octanol–water partition coefficient (Wildman–Crippen LogP) is 3.32. The van der Waals surface area contributed by atoms with Crippen molar-refractivity contribution < 1.29 is 14.6 Å². The molecule has 0 atom stereocenters. The van der Waals surface area contributed by atoms with Crippen LogP contribution in [0.3, 0.4) is 0 Å². The summed E-state index contributed by atoms with van der Waals surface area (Å²) in [4.78, 5) is 12.2. The van der Waals surface area contributed by atoms with E-state index in [1.807, 2.05) is 30.3 Å². The summed E-state index contributed by atoms with van der Waals surface area (Å²) in [6, 6.07) is 14.4. The first kappa shape index (κ1) is 17.7. The van der Waals surface area contributed by atoms with Crippen LogP contribution in [0, 0.1) is 0 Å². The van der Waals surface area contributed by atoms with Crippen LogP contribution in [0.15, 0.2) is 58.1 Å². The van der Waals surface area contributed by atoms with E-state index < -0.39 is 5.91 Å². The molecule has 3 rings (SSSR count). The third-order valence-corrected chi connectivity index (χ3v) is 4.01. The van der Waals surface area contributed by atoms with Crippen molar-refractivity contribution in [2.45, 2.75) is 0 Å². The van der Waals surface area contributed by atoms with E-state index in [0.29, 0.717) is 21.5 Å². The number of rotatable bonds is 5. The lowest BCUT2D eigenvalue weighted by molar-refractivity contribution is 0.0950. The van der Waals surface area contributed by atoms with Gasteiger partial charge in [-0.1, -0.05) is 46.3 Å². The van der Waals surface area contributed by atoms with E-state index in [2.05, 4.69) is 36.7 Å². The molecule has 0 bridgehead atoms. The second kappa shape index (κ2) is 7.83. The molecule has 0 spiro atoms. The first-order valence-corrected chi connectivity index (χ1v) is 8.38. The van der Waals surface area contributed by atoms with Crippen molar-refractivity contribution >= 4 is 28.1 Å². The average molecular weight is 415 g/mol. The van der Waals surface area contributed by atoms with Gasteiger partial charge >= 0.3 is 0 Å². The van der Waals surface area contributed by atoms with Gasteiger partial charge in [-0.2, -0.15) is 10.2 Å². The number of hydrogen-bond acceptors (Lipinski definition) is 5. The molecular formula is C18H15BrN4O3. The third-order valence-electron chi connectivity index (χ3n) is 3.55. The molecule has 26 heavy (non-hydrogen) atoms. The molecule has 0 radical (unpaired) electrons. The predicted molar refractivity (Wildman–Crippen MR) is 101 cm³/mol. The van der Waals surface area contributed by atoms with Crippen molar-refractivity contribution in [2.75, 3.05) is 7.11 Å². The van der Waals surface area contributed by atoms with E-state index in [-0.39, 0.29) is 11.4 Å². The molecule has 0 aliphatic carbocycles. The van der Waals surface area contributed by atoms with Crippen molar-refractivity contribution in [2.24, 2.45) is 5.10 Å². The number of nitrogens with one attached hydrogen (secondary N) is 2. The molecule has 132 valence electrons. The number of hydrazone groups is 1. The normalized spacial score (nSPS) is 10.8. The Hall–Kier alpha value is -3.13. The number of carbonyl (C=O) groups is 1. The third kappa shape index (κ3) is 3.92. The minimum absolute atomic E-state index is 0.0680. The summed E-state index contributed by atoms with van der Waals surface area (Å²) >= 11 is 3.32. The Morgan fingerprint density at radius 2 is 2.08 bits per heavy atom. The van der Waals surface area contributed by atoms with Crippen LogP contribution in [0.25, 0.3) is 11.3 Å². The number of phenolic OH excluding ortho intramolecular Hbond substituents is 1. The first-order valence-electron chi connectivity index (χ1n) is 7.59. The number of benzene rings is 2. The monoisotopic (exact) mass is 414 g/mol. The minimum atomic E-state index is -0.447. The lowest BCUT2D eigenvalue weighted by Gasteiger charge is -2.06. The van der Waals surface area contributed by atoms with Gasteiger partial charge in [-0.3, -0.25) is 9.89 Å². The van der Waals surface area contributed by atoms with Gasteiger partial charge < -0.3 is 9.84 Å². The lowest BCUT2D eigenvalue weighted by atomic mass is 10.1. The molecule has 2 aromatic carbocycles. The van der Waals surface area contributed by atoms with Gasteiger partial charge in [0.15, 0.2) is 11.5 Å². The molecule has 1 heterocycles. The highest BCUT2D eigenvalue weighted by Gasteiger charge is 2.11. The number of methoxy groups -OCH3 is 1. The summed E-state index contributed by atoms with van der Waals surface area (Å²) in [5.74, 6) is -0.216. The minimum Gasteiger partial charge on any atom is -0.504 e. The van der Waals surface area contributed by atoms with Crippen LogP contribution in [-0.4, -0.2) is 34.5 Å². The van der Waals surface area contributed by atoms with Crippen LogP contribution in [0.5, 0.6) is 11.5 Å². The van der Waals surface area contributed by atoms with Gasteiger partial charge in [0.1, 0.15) is 5.69 Å². The molecule has 8 heteroatoms. The maximum atomic E-state index is 12.2. The van der Waals surface area contributed by atoms with E-state index in [9.17, 15) is 9.90 Å². The highest BCUT2D eigenvalue weighted by Crippen LogP contribution is 2.32. The SMILES string of the molecule is COc1cc(Br)cc(/C=N\NC(=O)c2cc(-c3ccccc3)n[nH]2)c1O. The molecule has 7 nitrogen and oxygen atoms in total. The van der Waals surface area contributed by atoms with Gasteiger partial charge in [-0.25, -0.2) is 5.43 Å². The number of ether oxygens (including phenoxy) is 1. The molecule has 0 unspecified atom stereocenters. The van der Waals surface area contributed by atoms with E-state index in [1.165, 1.54) is 13.3 Å². The zero-order valence-corrected chi connectivity index (χ0v) is 15.3. The van der Waals surface area contributed by atoms with E-state index >= 15 is 0 Å². The zero-order chi connectivity index (χ0) is 18.5. The number of nitrogens with zero attached hydrogens (tertiary/aromatic N) is 2. The van der Waals surface area contributed by atoms with Crippen molar-refractivity contribution in [1.29, 1.82) is 0 Å². The van der Waals surface area contributed by atoms with Gasteiger partial charge in [0.25, 0.3) is 5.91 Å². The molecule has 0 fully saturated rings. The van der Waals surface area contributed by atoms with Crippen molar-refractivity contribution in [3.63, 3.8) is 0 Å². The quantitative estimate of drug-likeness (QED) is 0.440. The van der Waals surface area contributed by atoms with E-state index in [0.717, 1.165) is 5.56 Å². The standard InChI is InChI=1S/C18H15BrN4O3/c1-26-16-8-13(19)7-12(17(16)24)10-20-23-18(25)15-9-14(21-22-15)11-5-3-2-4-6-11/h2-10,24H,1H3,(H,21,22)(H,23,25)/b20-10-. The Bertz CT molecular complexity index is 954. The Balaban J connectivity index is 1.71. The van der Waals surface area contributed by atoms with Gasteiger partial charge in [0, 0.05) is 15.6 Å². The van der Waals surface area contributed by atoms with Crippen LogP contribution in [0.2, 0.25) is 0 Å². The van der Waals surface area contributed by atoms with Crippen molar-refractivity contribution in [3.05, 3.63) is 64.3 Å². The van der Waals surface area contributed by atoms with E-state index in [1.54, 1.807) is 18.2 Å². The smallest absolute Gasteiger partial charge is 0.289 e. The topological polar surface area (TPSA) is 99.6 Å². The Labute approximate surface area is 157 Å². The first-order chi connectivity index (χ1) is 12.6. The van der Waals surface area contributed by atoms with Crippen LogP contribution >= 0.6 is 15.9 Å². The molecular weight excluding hydrogens is 400 g/mol. The second-order valence-electron chi connectivity index (χ2n) is 5.28. The van der Waals surface area contributed by atoms with Gasteiger partial charge in [-0.15, -0.1) is 0 Å². The second-order valence-corrected chi connectivity index (χ2v) is 6.19. The zero-order valence-electron chi connectivity index (χ0n) is 13.7. The molecule has 1 aromatic heterocycles. The van der Waals surface area contributed by atoms with E-state index in [4.69, 9.17) is 4.74 Å².